The number of thiophene rings is 1. The van der Waals surface area contributed by atoms with E-state index in [-0.39, 0.29) is 24.0 Å². The van der Waals surface area contributed by atoms with E-state index >= 15 is 0 Å². The molecule has 0 atom stereocenters. The van der Waals surface area contributed by atoms with Crippen LogP contribution in [0.5, 0.6) is 5.75 Å². The molecule has 0 fully saturated rings. The fourth-order valence-corrected chi connectivity index (χ4v) is 3.64. The highest BCUT2D eigenvalue weighted by molar-refractivity contribution is 7.16. The van der Waals surface area contributed by atoms with E-state index < -0.39 is 4.92 Å². The molecule has 158 valence electrons. The van der Waals surface area contributed by atoms with Crippen LogP contribution in [0.4, 0.5) is 5.69 Å². The van der Waals surface area contributed by atoms with Crippen molar-refractivity contribution in [2.24, 2.45) is 0 Å². The molecular formula is C23H20N2O5S. The van der Waals surface area contributed by atoms with Crippen molar-refractivity contribution in [3.05, 3.63) is 87.3 Å². The van der Waals surface area contributed by atoms with Gasteiger partial charge in [0.25, 0.3) is 11.6 Å². The average Bonchev–Trinajstić information content (AvgIpc) is 3.24. The van der Waals surface area contributed by atoms with Crippen LogP contribution in [0.2, 0.25) is 0 Å². The minimum Gasteiger partial charge on any atom is -0.484 e. The first kappa shape index (κ1) is 21.9. The Morgan fingerprint density at radius 1 is 1.10 bits per heavy atom. The average molecular weight is 436 g/mol. The number of carbonyl (C=O) groups is 2. The van der Waals surface area contributed by atoms with Crippen molar-refractivity contribution in [1.29, 1.82) is 0 Å². The van der Waals surface area contributed by atoms with Gasteiger partial charge in [0.05, 0.1) is 10.5 Å². The minimum absolute atomic E-state index is 0.0421. The second-order valence-electron chi connectivity index (χ2n) is 6.78. The zero-order valence-electron chi connectivity index (χ0n) is 17.0. The summed E-state index contributed by atoms with van der Waals surface area (Å²) in [7, 11) is 3.28. The van der Waals surface area contributed by atoms with E-state index in [1.54, 1.807) is 68.7 Å². The van der Waals surface area contributed by atoms with Crippen molar-refractivity contribution in [3.8, 4) is 16.2 Å². The topological polar surface area (TPSA) is 89.8 Å². The fourth-order valence-electron chi connectivity index (χ4n) is 2.70. The third-order valence-electron chi connectivity index (χ3n) is 4.37. The monoisotopic (exact) mass is 436 g/mol. The van der Waals surface area contributed by atoms with Crippen LogP contribution in [0, 0.1) is 10.1 Å². The number of ether oxygens (including phenoxy) is 1. The number of hydrogen-bond donors (Lipinski definition) is 0. The Kier molecular flexibility index (Phi) is 6.94. The predicted octanol–water partition coefficient (Wildman–Crippen LogP) is 4.69. The lowest BCUT2D eigenvalue weighted by molar-refractivity contribution is -0.384. The van der Waals surface area contributed by atoms with Gasteiger partial charge in [0.15, 0.2) is 12.4 Å². The Morgan fingerprint density at radius 2 is 1.87 bits per heavy atom. The number of para-hydroxylation sites is 1. The molecule has 0 N–H and O–H groups in total. The van der Waals surface area contributed by atoms with Crippen LogP contribution < -0.4 is 4.74 Å². The number of likely N-dealkylation sites (N-methyl/N-ethyl adjacent to an activating group) is 1. The highest BCUT2D eigenvalue weighted by atomic mass is 32.1. The van der Waals surface area contributed by atoms with E-state index in [4.69, 9.17) is 4.74 Å². The second kappa shape index (κ2) is 9.82. The van der Waals surface area contributed by atoms with Gasteiger partial charge in [-0.2, -0.15) is 0 Å². The SMILES string of the molecule is CN(C)C(=O)COc1cccc(C(=O)C=Cc2ccc(-c3ccccc3[N+](=O)[O-])s2)c1. The summed E-state index contributed by atoms with van der Waals surface area (Å²) >= 11 is 1.36. The molecule has 2 aromatic carbocycles. The van der Waals surface area contributed by atoms with E-state index in [1.165, 1.54) is 28.4 Å². The Bertz CT molecular complexity index is 1150. The van der Waals surface area contributed by atoms with Gasteiger partial charge in [-0.3, -0.25) is 19.7 Å². The summed E-state index contributed by atoms with van der Waals surface area (Å²) in [4.78, 5) is 38.0. The van der Waals surface area contributed by atoms with Gasteiger partial charge in [-0.25, -0.2) is 0 Å². The van der Waals surface area contributed by atoms with Crippen molar-refractivity contribution in [1.82, 2.24) is 4.90 Å². The fraction of sp³-hybridized carbons (Fsp3) is 0.130. The van der Waals surface area contributed by atoms with Gasteiger partial charge in [0, 0.05) is 35.5 Å². The van der Waals surface area contributed by atoms with Crippen LogP contribution in [0.15, 0.2) is 66.7 Å². The number of nitrogens with zero attached hydrogens (tertiary/aromatic N) is 2. The molecule has 0 saturated carbocycles. The van der Waals surface area contributed by atoms with Crippen LogP contribution >= 0.6 is 11.3 Å². The molecule has 1 aromatic heterocycles. The number of allylic oxidation sites excluding steroid dienone is 1. The molecular weight excluding hydrogens is 416 g/mol. The molecule has 0 unspecified atom stereocenters. The van der Waals surface area contributed by atoms with E-state index in [0.717, 1.165) is 9.75 Å². The number of nitro groups is 1. The highest BCUT2D eigenvalue weighted by Crippen LogP contribution is 2.35. The van der Waals surface area contributed by atoms with Crippen molar-refractivity contribution < 1.29 is 19.2 Å². The van der Waals surface area contributed by atoms with E-state index in [1.807, 2.05) is 6.07 Å². The molecule has 3 rings (SSSR count). The van der Waals surface area contributed by atoms with Crippen molar-refractivity contribution >= 4 is 34.8 Å². The first-order chi connectivity index (χ1) is 14.8. The van der Waals surface area contributed by atoms with E-state index in [9.17, 15) is 19.7 Å². The van der Waals surface area contributed by atoms with Gasteiger partial charge in [0.1, 0.15) is 5.75 Å². The van der Waals surface area contributed by atoms with Gasteiger partial charge in [0.2, 0.25) is 0 Å². The van der Waals surface area contributed by atoms with Crippen LogP contribution in [0.3, 0.4) is 0 Å². The number of hydrogen-bond acceptors (Lipinski definition) is 6. The quantitative estimate of drug-likeness (QED) is 0.221. The van der Waals surface area contributed by atoms with Gasteiger partial charge in [-0.15, -0.1) is 11.3 Å². The van der Waals surface area contributed by atoms with Crippen molar-refractivity contribution in [2.75, 3.05) is 20.7 Å². The van der Waals surface area contributed by atoms with Crippen molar-refractivity contribution in [3.63, 3.8) is 0 Å². The highest BCUT2D eigenvalue weighted by Gasteiger charge is 2.15. The maximum atomic E-state index is 12.5. The molecule has 3 aromatic rings. The Morgan fingerprint density at radius 3 is 2.61 bits per heavy atom. The molecule has 7 nitrogen and oxygen atoms in total. The number of benzene rings is 2. The zero-order chi connectivity index (χ0) is 22.4. The van der Waals surface area contributed by atoms with E-state index in [2.05, 4.69) is 0 Å². The Labute approximate surface area is 183 Å². The summed E-state index contributed by atoms with van der Waals surface area (Å²) in [6, 6.07) is 16.8. The molecule has 1 amide bonds. The molecule has 0 spiro atoms. The lowest BCUT2D eigenvalue weighted by atomic mass is 10.1. The lowest BCUT2D eigenvalue weighted by Gasteiger charge is -2.11. The molecule has 31 heavy (non-hydrogen) atoms. The van der Waals surface area contributed by atoms with Gasteiger partial charge in [-0.1, -0.05) is 24.3 Å². The summed E-state index contributed by atoms with van der Waals surface area (Å²) in [6.07, 6.45) is 3.12. The summed E-state index contributed by atoms with van der Waals surface area (Å²) in [5.41, 5.74) is 1.02. The Hall–Kier alpha value is -3.78. The Balaban J connectivity index is 1.71. The molecule has 0 aliphatic carbocycles. The number of carbonyl (C=O) groups excluding carboxylic acids is 2. The maximum Gasteiger partial charge on any atom is 0.278 e. The third-order valence-corrected chi connectivity index (χ3v) is 5.46. The zero-order valence-corrected chi connectivity index (χ0v) is 17.8. The summed E-state index contributed by atoms with van der Waals surface area (Å²) < 4.78 is 5.45. The first-order valence-electron chi connectivity index (χ1n) is 9.34. The van der Waals surface area contributed by atoms with Crippen LogP contribution in [-0.4, -0.2) is 42.2 Å². The lowest BCUT2D eigenvalue weighted by Crippen LogP contribution is -2.27. The number of nitro benzene ring substituents is 1. The van der Waals surface area contributed by atoms with Gasteiger partial charge in [-0.05, 0) is 42.5 Å². The van der Waals surface area contributed by atoms with Crippen LogP contribution in [0.25, 0.3) is 16.5 Å². The first-order valence-corrected chi connectivity index (χ1v) is 10.2. The molecule has 0 radical (unpaired) electrons. The van der Waals surface area contributed by atoms with E-state index in [0.29, 0.717) is 16.9 Å². The standard InChI is InChI=1S/C23H20N2O5S/c1-24(2)23(27)15-30-17-7-5-6-16(14-17)21(26)12-10-18-11-13-22(31-18)19-8-3-4-9-20(19)25(28)29/h3-14H,15H2,1-2H3. The summed E-state index contributed by atoms with van der Waals surface area (Å²) in [6.45, 7) is -0.107. The van der Waals surface area contributed by atoms with Crippen LogP contribution in [0.1, 0.15) is 15.2 Å². The third kappa shape index (κ3) is 5.64. The second-order valence-corrected chi connectivity index (χ2v) is 7.89. The van der Waals surface area contributed by atoms with Crippen LogP contribution in [-0.2, 0) is 4.79 Å². The minimum atomic E-state index is -0.407. The molecule has 1 heterocycles. The molecule has 8 heteroatoms. The molecule has 0 bridgehead atoms. The number of ketones is 1. The number of amides is 1. The van der Waals surface area contributed by atoms with Gasteiger partial charge < -0.3 is 9.64 Å². The molecule has 0 aliphatic heterocycles. The normalized spacial score (nSPS) is 10.8. The largest absolute Gasteiger partial charge is 0.484 e. The molecule has 0 saturated heterocycles. The summed E-state index contributed by atoms with van der Waals surface area (Å²) in [5.74, 6) is 0.0399. The van der Waals surface area contributed by atoms with Gasteiger partial charge >= 0.3 is 0 Å². The maximum absolute atomic E-state index is 12.5. The predicted molar refractivity (Wildman–Crippen MR) is 120 cm³/mol. The smallest absolute Gasteiger partial charge is 0.278 e. The number of rotatable bonds is 8. The molecule has 0 aliphatic rings. The summed E-state index contributed by atoms with van der Waals surface area (Å²) in [5, 5.41) is 11.2. The van der Waals surface area contributed by atoms with Crippen molar-refractivity contribution in [2.45, 2.75) is 0 Å².